The van der Waals surface area contributed by atoms with E-state index in [0.29, 0.717) is 35.7 Å². The van der Waals surface area contributed by atoms with Crippen LogP contribution in [-0.2, 0) is 0 Å². The Balaban J connectivity index is 1.60. The first-order valence-electron chi connectivity index (χ1n) is 15.9. The molecule has 0 saturated carbocycles. The number of amides is 2. The van der Waals surface area contributed by atoms with Gasteiger partial charge in [0.25, 0.3) is 0 Å². The standard InChI is InChI=1S/C35H52N2O4/c1-3-5-6-7-8-9-10-11-12-13-14-15-16-17-18-23-29-37-35(39)41-33-27-22-20-25-31(33)30-24-19-21-26-32(30)40-34(38)36-28-4-2/h4,19-22,24-27H,2-3,5-18,23,28-29H2,1H3,(H,36,38)(H,37,39). The Morgan fingerprint density at radius 3 is 1.44 bits per heavy atom. The zero-order valence-corrected chi connectivity index (χ0v) is 25.3. The Hall–Kier alpha value is -3.28. The summed E-state index contributed by atoms with van der Waals surface area (Å²) in [5, 5.41) is 5.46. The molecule has 0 heterocycles. The predicted octanol–water partition coefficient (Wildman–Crippen LogP) is 9.98. The van der Waals surface area contributed by atoms with Crippen molar-refractivity contribution in [2.75, 3.05) is 13.1 Å². The van der Waals surface area contributed by atoms with E-state index in [1.807, 2.05) is 30.3 Å². The molecule has 0 bridgehead atoms. The van der Waals surface area contributed by atoms with Crippen LogP contribution in [0.1, 0.15) is 110 Å². The van der Waals surface area contributed by atoms with Gasteiger partial charge in [-0.05, 0) is 18.6 Å². The molecule has 0 aromatic heterocycles. The first-order chi connectivity index (χ1) is 20.2. The number of benzene rings is 2. The summed E-state index contributed by atoms with van der Waals surface area (Å²) in [6.45, 7) is 6.75. The number of hydrogen-bond acceptors (Lipinski definition) is 4. The molecule has 6 nitrogen and oxygen atoms in total. The largest absolute Gasteiger partial charge is 0.412 e. The highest BCUT2D eigenvalue weighted by atomic mass is 16.6. The number of nitrogens with one attached hydrogen (secondary N) is 2. The van der Waals surface area contributed by atoms with Gasteiger partial charge >= 0.3 is 12.2 Å². The quantitative estimate of drug-likeness (QED) is 0.110. The maximum absolute atomic E-state index is 12.5. The first kappa shape index (κ1) is 33.9. The molecular formula is C35H52N2O4. The third-order valence-corrected chi connectivity index (χ3v) is 7.16. The third kappa shape index (κ3) is 15.3. The maximum atomic E-state index is 12.5. The number of hydrogen-bond donors (Lipinski definition) is 2. The van der Waals surface area contributed by atoms with Crippen molar-refractivity contribution < 1.29 is 19.1 Å². The molecule has 226 valence electrons. The summed E-state index contributed by atoms with van der Waals surface area (Å²) < 4.78 is 11.1. The van der Waals surface area contributed by atoms with Gasteiger partial charge in [0.05, 0.1) is 0 Å². The van der Waals surface area contributed by atoms with Crippen LogP contribution >= 0.6 is 0 Å². The molecule has 0 saturated heterocycles. The van der Waals surface area contributed by atoms with E-state index >= 15 is 0 Å². The van der Waals surface area contributed by atoms with E-state index in [2.05, 4.69) is 24.1 Å². The first-order valence-corrected chi connectivity index (χ1v) is 15.9. The minimum atomic E-state index is -0.577. The Morgan fingerprint density at radius 1 is 0.610 bits per heavy atom. The van der Waals surface area contributed by atoms with E-state index in [4.69, 9.17) is 9.47 Å². The number of rotatable bonds is 22. The number of carbonyl (C=O) groups excluding carboxylic acids is 2. The van der Waals surface area contributed by atoms with Crippen LogP contribution in [0.15, 0.2) is 61.2 Å². The van der Waals surface area contributed by atoms with Gasteiger partial charge in [-0.3, -0.25) is 0 Å². The highest BCUT2D eigenvalue weighted by Crippen LogP contribution is 2.36. The second-order valence-electron chi connectivity index (χ2n) is 10.7. The van der Waals surface area contributed by atoms with Crippen LogP contribution in [0.25, 0.3) is 11.1 Å². The van der Waals surface area contributed by atoms with Gasteiger partial charge in [0, 0.05) is 24.2 Å². The molecule has 0 aliphatic carbocycles. The molecule has 2 N–H and O–H groups in total. The van der Waals surface area contributed by atoms with E-state index in [1.54, 1.807) is 24.3 Å². The van der Waals surface area contributed by atoms with Crippen LogP contribution in [0.2, 0.25) is 0 Å². The Labute approximate surface area is 248 Å². The van der Waals surface area contributed by atoms with E-state index in [-0.39, 0.29) is 0 Å². The van der Waals surface area contributed by atoms with Crippen LogP contribution < -0.4 is 20.1 Å². The fourth-order valence-electron chi connectivity index (χ4n) is 4.85. The molecule has 0 unspecified atom stereocenters. The Morgan fingerprint density at radius 2 is 1.00 bits per heavy atom. The Kier molecular flexibility index (Phi) is 18.5. The average Bonchev–Trinajstić information content (AvgIpc) is 2.98. The molecule has 2 aromatic carbocycles. The molecule has 0 spiro atoms. The van der Waals surface area contributed by atoms with E-state index in [1.165, 1.54) is 89.9 Å². The minimum Gasteiger partial charge on any atom is -0.410 e. The van der Waals surface area contributed by atoms with Crippen LogP contribution in [0.5, 0.6) is 11.5 Å². The van der Waals surface area contributed by atoms with Crippen molar-refractivity contribution in [1.82, 2.24) is 10.6 Å². The summed E-state index contributed by atoms with van der Waals surface area (Å²) in [5.74, 6) is 0.776. The molecule has 2 aromatic rings. The van der Waals surface area contributed by atoms with Gasteiger partial charge < -0.3 is 20.1 Å². The van der Waals surface area contributed by atoms with Crippen molar-refractivity contribution in [1.29, 1.82) is 0 Å². The monoisotopic (exact) mass is 564 g/mol. The fourth-order valence-corrected chi connectivity index (χ4v) is 4.85. The minimum absolute atomic E-state index is 0.306. The molecule has 0 aliphatic heterocycles. The molecular weight excluding hydrogens is 512 g/mol. The van der Waals surface area contributed by atoms with Gasteiger partial charge in [0.2, 0.25) is 0 Å². The number of para-hydroxylation sites is 2. The average molecular weight is 565 g/mol. The lowest BCUT2D eigenvalue weighted by Crippen LogP contribution is -2.28. The maximum Gasteiger partial charge on any atom is 0.412 e. The molecule has 6 heteroatoms. The van der Waals surface area contributed by atoms with Gasteiger partial charge in [0.1, 0.15) is 11.5 Å². The van der Waals surface area contributed by atoms with Crippen molar-refractivity contribution in [3.63, 3.8) is 0 Å². The van der Waals surface area contributed by atoms with Crippen molar-refractivity contribution in [3.8, 4) is 22.6 Å². The zero-order chi connectivity index (χ0) is 29.4. The van der Waals surface area contributed by atoms with Crippen molar-refractivity contribution in [2.24, 2.45) is 0 Å². The van der Waals surface area contributed by atoms with E-state index in [0.717, 1.165) is 12.8 Å². The van der Waals surface area contributed by atoms with Crippen molar-refractivity contribution >= 4 is 12.2 Å². The summed E-state index contributed by atoms with van der Waals surface area (Å²) in [4.78, 5) is 24.6. The summed E-state index contributed by atoms with van der Waals surface area (Å²) in [7, 11) is 0. The lowest BCUT2D eigenvalue weighted by molar-refractivity contribution is 0.199. The topological polar surface area (TPSA) is 76.7 Å². The molecule has 0 radical (unpaired) electrons. The second kappa shape index (κ2) is 22.4. The molecule has 0 aliphatic rings. The smallest absolute Gasteiger partial charge is 0.410 e. The fraction of sp³-hybridized carbons (Fsp3) is 0.543. The van der Waals surface area contributed by atoms with E-state index in [9.17, 15) is 9.59 Å². The van der Waals surface area contributed by atoms with E-state index < -0.39 is 12.2 Å². The highest BCUT2D eigenvalue weighted by molar-refractivity contribution is 5.82. The van der Waals surface area contributed by atoms with Gasteiger partial charge in [-0.25, -0.2) is 9.59 Å². The van der Waals surface area contributed by atoms with Crippen LogP contribution in [0.4, 0.5) is 9.59 Å². The van der Waals surface area contributed by atoms with Gasteiger partial charge in [-0.15, -0.1) is 6.58 Å². The lowest BCUT2D eigenvalue weighted by atomic mass is 10.0. The second-order valence-corrected chi connectivity index (χ2v) is 10.7. The normalized spacial score (nSPS) is 10.7. The van der Waals surface area contributed by atoms with Crippen molar-refractivity contribution in [2.45, 2.75) is 110 Å². The summed E-state index contributed by atoms with van der Waals surface area (Å²) >= 11 is 0. The van der Waals surface area contributed by atoms with Crippen molar-refractivity contribution in [3.05, 3.63) is 61.2 Å². The lowest BCUT2D eigenvalue weighted by Gasteiger charge is -2.14. The van der Waals surface area contributed by atoms with Crippen LogP contribution in [-0.4, -0.2) is 25.3 Å². The third-order valence-electron chi connectivity index (χ3n) is 7.16. The number of carbonyl (C=O) groups is 2. The SMILES string of the molecule is C=CCNC(=O)Oc1ccccc1-c1ccccc1OC(=O)NCCCCCCCCCCCCCCCCCC. The van der Waals surface area contributed by atoms with Gasteiger partial charge in [0.15, 0.2) is 0 Å². The molecule has 0 atom stereocenters. The highest BCUT2D eigenvalue weighted by Gasteiger charge is 2.15. The number of unbranched alkanes of at least 4 members (excludes halogenated alkanes) is 15. The number of ether oxygens (including phenoxy) is 2. The predicted molar refractivity (Wildman–Crippen MR) is 170 cm³/mol. The van der Waals surface area contributed by atoms with Crippen LogP contribution in [0, 0.1) is 0 Å². The molecule has 2 rings (SSSR count). The summed E-state index contributed by atoms with van der Waals surface area (Å²) in [6, 6.07) is 14.4. The van der Waals surface area contributed by atoms with Gasteiger partial charge in [-0.2, -0.15) is 0 Å². The zero-order valence-electron chi connectivity index (χ0n) is 25.3. The summed E-state index contributed by atoms with van der Waals surface area (Å²) in [5.41, 5.74) is 1.32. The molecule has 2 amide bonds. The molecule has 0 fully saturated rings. The van der Waals surface area contributed by atoms with Crippen LogP contribution in [0.3, 0.4) is 0 Å². The molecule has 41 heavy (non-hydrogen) atoms. The van der Waals surface area contributed by atoms with Gasteiger partial charge in [-0.1, -0.05) is 146 Å². The Bertz CT molecular complexity index is 1010. The summed E-state index contributed by atoms with van der Waals surface area (Å²) in [6.07, 6.45) is 21.6.